The molecule has 0 unspecified atom stereocenters. The average molecular weight is 274 g/mol. The zero-order valence-corrected chi connectivity index (χ0v) is 11.3. The van der Waals surface area contributed by atoms with Crippen molar-refractivity contribution in [1.82, 2.24) is 0 Å². The lowest BCUT2D eigenvalue weighted by molar-refractivity contribution is 0.254. The van der Waals surface area contributed by atoms with Crippen LogP contribution in [0.3, 0.4) is 0 Å². The molecular formula is C17H16F2O. The molecule has 20 heavy (non-hydrogen) atoms. The van der Waals surface area contributed by atoms with Crippen LogP contribution >= 0.6 is 0 Å². The van der Waals surface area contributed by atoms with Crippen molar-refractivity contribution in [2.75, 3.05) is 6.61 Å². The lowest BCUT2D eigenvalue weighted by atomic mass is 10.1. The third-order valence-electron chi connectivity index (χ3n) is 3.77. The Hall–Kier alpha value is -1.90. The lowest BCUT2D eigenvalue weighted by Gasteiger charge is -2.11. The molecule has 0 radical (unpaired) electrons. The van der Waals surface area contributed by atoms with Crippen LogP contribution in [-0.4, -0.2) is 6.61 Å². The predicted octanol–water partition coefficient (Wildman–Crippen LogP) is 4.07. The van der Waals surface area contributed by atoms with Gasteiger partial charge in [0.1, 0.15) is 5.75 Å². The molecule has 3 heteroatoms. The van der Waals surface area contributed by atoms with Gasteiger partial charge >= 0.3 is 0 Å². The van der Waals surface area contributed by atoms with Gasteiger partial charge in [-0.05, 0) is 55.2 Å². The molecule has 0 bridgehead atoms. The molecule has 0 aromatic heterocycles. The molecule has 0 amide bonds. The second kappa shape index (κ2) is 5.23. The Balaban J connectivity index is 1.63. The minimum Gasteiger partial charge on any atom is -0.493 e. The van der Waals surface area contributed by atoms with Crippen LogP contribution in [0.1, 0.15) is 16.7 Å². The van der Waals surface area contributed by atoms with Crippen LogP contribution in [0, 0.1) is 24.5 Å². The van der Waals surface area contributed by atoms with Crippen molar-refractivity contribution in [3.8, 4) is 5.75 Å². The fourth-order valence-corrected chi connectivity index (χ4v) is 2.67. The molecule has 2 aromatic carbocycles. The predicted molar refractivity (Wildman–Crippen MR) is 73.9 cm³/mol. The Bertz CT molecular complexity index is 589. The largest absolute Gasteiger partial charge is 0.493 e. The van der Waals surface area contributed by atoms with E-state index in [0.29, 0.717) is 6.61 Å². The highest BCUT2D eigenvalue weighted by Gasteiger charge is 2.24. The first kappa shape index (κ1) is 13.1. The van der Waals surface area contributed by atoms with Crippen molar-refractivity contribution in [1.29, 1.82) is 0 Å². The summed E-state index contributed by atoms with van der Waals surface area (Å²) in [5, 5.41) is 0. The molecule has 0 atom stereocenters. The van der Waals surface area contributed by atoms with Crippen molar-refractivity contribution in [2.24, 2.45) is 5.92 Å². The molecule has 0 heterocycles. The summed E-state index contributed by atoms with van der Waals surface area (Å²) >= 11 is 0. The van der Waals surface area contributed by atoms with Crippen molar-refractivity contribution >= 4 is 0 Å². The molecular weight excluding hydrogens is 258 g/mol. The van der Waals surface area contributed by atoms with E-state index in [1.54, 1.807) is 0 Å². The number of aryl methyl sites for hydroxylation is 1. The second-order valence-corrected chi connectivity index (χ2v) is 5.43. The summed E-state index contributed by atoms with van der Waals surface area (Å²) in [5.74, 6) is -0.399. The van der Waals surface area contributed by atoms with E-state index in [0.717, 1.165) is 29.7 Å². The van der Waals surface area contributed by atoms with Crippen LogP contribution in [0.15, 0.2) is 36.4 Å². The molecule has 1 aliphatic carbocycles. The minimum atomic E-state index is -0.760. The Morgan fingerprint density at radius 3 is 2.10 bits per heavy atom. The zero-order valence-electron chi connectivity index (χ0n) is 11.3. The maximum absolute atomic E-state index is 13.2. The van der Waals surface area contributed by atoms with E-state index in [2.05, 4.69) is 0 Å². The number of hydrogen-bond donors (Lipinski definition) is 0. The lowest BCUT2D eigenvalue weighted by Crippen LogP contribution is -2.12. The highest BCUT2D eigenvalue weighted by atomic mass is 19.2. The summed E-state index contributed by atoms with van der Waals surface area (Å²) in [6.07, 6.45) is 1.50. The zero-order chi connectivity index (χ0) is 14.1. The van der Waals surface area contributed by atoms with Gasteiger partial charge < -0.3 is 4.74 Å². The highest BCUT2D eigenvalue weighted by molar-refractivity contribution is 5.34. The van der Waals surface area contributed by atoms with Gasteiger partial charge in [-0.3, -0.25) is 0 Å². The number of halogens is 2. The van der Waals surface area contributed by atoms with Gasteiger partial charge in [0.2, 0.25) is 0 Å². The second-order valence-electron chi connectivity index (χ2n) is 5.43. The van der Waals surface area contributed by atoms with Gasteiger partial charge in [-0.25, -0.2) is 8.78 Å². The molecule has 104 valence electrons. The summed E-state index contributed by atoms with van der Waals surface area (Å²) < 4.78 is 32.1. The summed E-state index contributed by atoms with van der Waals surface area (Å²) in [4.78, 5) is 0. The Morgan fingerprint density at radius 2 is 1.55 bits per heavy atom. The Morgan fingerprint density at radius 1 is 1.00 bits per heavy atom. The molecule has 2 aromatic rings. The number of hydrogen-bond acceptors (Lipinski definition) is 1. The van der Waals surface area contributed by atoms with E-state index in [9.17, 15) is 8.78 Å². The highest BCUT2D eigenvalue weighted by Crippen LogP contribution is 2.29. The van der Waals surface area contributed by atoms with E-state index in [4.69, 9.17) is 4.74 Å². The molecule has 3 rings (SSSR count). The quantitative estimate of drug-likeness (QED) is 0.820. The first-order valence-corrected chi connectivity index (χ1v) is 6.78. The van der Waals surface area contributed by atoms with Gasteiger partial charge in [0.15, 0.2) is 11.6 Å². The van der Waals surface area contributed by atoms with Crippen molar-refractivity contribution in [3.63, 3.8) is 0 Å². The Labute approximate surface area is 117 Å². The van der Waals surface area contributed by atoms with Crippen LogP contribution in [0.5, 0.6) is 5.75 Å². The monoisotopic (exact) mass is 274 g/mol. The average Bonchev–Trinajstić information content (AvgIpc) is 2.80. The number of rotatable bonds is 3. The maximum atomic E-state index is 13.2. The smallest absolute Gasteiger partial charge is 0.159 e. The van der Waals surface area contributed by atoms with Crippen LogP contribution in [0.25, 0.3) is 0 Å². The SMILES string of the molecule is Cc1ccc(OCC2Cc3cc(F)c(F)cc3C2)cc1. The fourth-order valence-electron chi connectivity index (χ4n) is 2.67. The maximum Gasteiger partial charge on any atom is 0.159 e. The van der Waals surface area contributed by atoms with Crippen LogP contribution in [-0.2, 0) is 12.8 Å². The summed E-state index contributed by atoms with van der Waals surface area (Å²) in [6.45, 7) is 2.60. The van der Waals surface area contributed by atoms with E-state index in [1.807, 2.05) is 31.2 Å². The standard InChI is InChI=1S/C17H16F2O/c1-11-2-4-15(5-3-11)20-10-12-6-13-8-16(18)17(19)9-14(13)7-12/h2-5,8-9,12H,6-7,10H2,1H3. The number of benzene rings is 2. The van der Waals surface area contributed by atoms with Crippen LogP contribution < -0.4 is 4.74 Å². The molecule has 0 spiro atoms. The van der Waals surface area contributed by atoms with Crippen molar-refractivity contribution in [3.05, 3.63) is 64.7 Å². The third kappa shape index (κ3) is 2.67. The van der Waals surface area contributed by atoms with Gasteiger partial charge in [0, 0.05) is 5.92 Å². The summed E-state index contributed by atoms with van der Waals surface area (Å²) in [7, 11) is 0. The summed E-state index contributed by atoms with van der Waals surface area (Å²) in [5.41, 5.74) is 3.00. The Kier molecular flexibility index (Phi) is 3.43. The first-order chi connectivity index (χ1) is 9.61. The fraction of sp³-hybridized carbons (Fsp3) is 0.294. The van der Waals surface area contributed by atoms with Gasteiger partial charge in [0.25, 0.3) is 0 Å². The molecule has 0 N–H and O–H groups in total. The molecule has 1 nitrogen and oxygen atoms in total. The molecule has 0 fully saturated rings. The van der Waals surface area contributed by atoms with Gasteiger partial charge in [-0.15, -0.1) is 0 Å². The molecule has 0 aliphatic heterocycles. The van der Waals surface area contributed by atoms with Gasteiger partial charge in [-0.1, -0.05) is 17.7 Å². The number of fused-ring (bicyclic) bond motifs is 1. The van der Waals surface area contributed by atoms with E-state index in [-0.39, 0.29) is 5.92 Å². The van der Waals surface area contributed by atoms with Crippen LogP contribution in [0.4, 0.5) is 8.78 Å². The first-order valence-electron chi connectivity index (χ1n) is 6.78. The van der Waals surface area contributed by atoms with Crippen molar-refractivity contribution < 1.29 is 13.5 Å². The molecule has 0 saturated carbocycles. The minimum absolute atomic E-state index is 0.285. The topological polar surface area (TPSA) is 9.23 Å². The van der Waals surface area contributed by atoms with E-state index < -0.39 is 11.6 Å². The van der Waals surface area contributed by atoms with Crippen molar-refractivity contribution in [2.45, 2.75) is 19.8 Å². The molecule has 0 saturated heterocycles. The molecule has 1 aliphatic rings. The third-order valence-corrected chi connectivity index (χ3v) is 3.77. The van der Waals surface area contributed by atoms with E-state index in [1.165, 1.54) is 17.7 Å². The normalized spacial score (nSPS) is 14.3. The van der Waals surface area contributed by atoms with Gasteiger partial charge in [-0.2, -0.15) is 0 Å². The summed E-state index contributed by atoms with van der Waals surface area (Å²) in [6, 6.07) is 10.5. The van der Waals surface area contributed by atoms with Crippen LogP contribution in [0.2, 0.25) is 0 Å². The van der Waals surface area contributed by atoms with Gasteiger partial charge in [0.05, 0.1) is 6.61 Å². The number of ether oxygens (including phenoxy) is 1. The van der Waals surface area contributed by atoms with E-state index >= 15 is 0 Å².